The Morgan fingerprint density at radius 2 is 1.93 bits per heavy atom. The molecule has 0 aliphatic heterocycles. The molecule has 0 heterocycles. The number of benzene rings is 1. The number of nitrogens with zero attached hydrogens (tertiary/aromatic N) is 1. The molecule has 0 spiro atoms. The van der Waals surface area contributed by atoms with Crippen LogP contribution in [0, 0.1) is 5.82 Å². The number of anilines is 1. The highest BCUT2D eigenvalue weighted by Gasteiger charge is 2.03. The van der Waals surface area contributed by atoms with Gasteiger partial charge in [-0.2, -0.15) is 0 Å². The summed E-state index contributed by atoms with van der Waals surface area (Å²) < 4.78 is 12.7. The number of allylic oxidation sites excluding steroid dienone is 2. The van der Waals surface area contributed by atoms with Crippen molar-refractivity contribution < 1.29 is 4.39 Å². The lowest BCUT2D eigenvalue weighted by Gasteiger charge is -2.20. The third kappa shape index (κ3) is 2.81. The Kier molecular flexibility index (Phi) is 3.86. The monoisotopic (exact) mass is 203 g/mol. The maximum absolute atomic E-state index is 12.7. The molecular weight excluding hydrogens is 189 g/mol. The summed E-state index contributed by atoms with van der Waals surface area (Å²) in [7, 11) is 0. The third-order valence-electron chi connectivity index (χ3n) is 1.96. The minimum absolute atomic E-state index is 0.251. The summed E-state index contributed by atoms with van der Waals surface area (Å²) in [5.74, 6) is -0.251. The van der Waals surface area contributed by atoms with Crippen molar-refractivity contribution in [1.29, 1.82) is 0 Å². The standard InChI is InChI=1S/C13H14FN/c1-4-6-11(3)15(5-2)13-9-7-12(14)8-10-13/h4-10H,2-3H2,1H3/b6-4-. The second-order valence-corrected chi connectivity index (χ2v) is 3.02. The summed E-state index contributed by atoms with van der Waals surface area (Å²) >= 11 is 0. The fraction of sp³-hybridized carbons (Fsp3) is 0.0769. The van der Waals surface area contributed by atoms with E-state index < -0.39 is 0 Å². The summed E-state index contributed by atoms with van der Waals surface area (Å²) in [6, 6.07) is 6.20. The van der Waals surface area contributed by atoms with Crippen LogP contribution >= 0.6 is 0 Å². The highest BCUT2D eigenvalue weighted by molar-refractivity contribution is 5.56. The fourth-order valence-corrected chi connectivity index (χ4v) is 1.26. The van der Waals surface area contributed by atoms with Gasteiger partial charge in [0, 0.05) is 17.6 Å². The molecule has 1 aromatic rings. The maximum atomic E-state index is 12.7. The molecule has 0 aliphatic carbocycles. The minimum atomic E-state index is -0.251. The first-order chi connectivity index (χ1) is 7.19. The van der Waals surface area contributed by atoms with Gasteiger partial charge in [-0.1, -0.05) is 19.2 Å². The van der Waals surface area contributed by atoms with Gasteiger partial charge in [-0.05, 0) is 37.3 Å². The largest absolute Gasteiger partial charge is 0.318 e. The fourth-order valence-electron chi connectivity index (χ4n) is 1.26. The predicted molar refractivity (Wildman–Crippen MR) is 63.0 cm³/mol. The Labute approximate surface area is 89.8 Å². The average Bonchev–Trinajstić information content (AvgIpc) is 2.22. The highest BCUT2D eigenvalue weighted by atomic mass is 19.1. The van der Waals surface area contributed by atoms with Crippen molar-refractivity contribution in [2.45, 2.75) is 6.92 Å². The second-order valence-electron chi connectivity index (χ2n) is 3.02. The van der Waals surface area contributed by atoms with Crippen LogP contribution in [0.5, 0.6) is 0 Å². The Morgan fingerprint density at radius 3 is 2.40 bits per heavy atom. The lowest BCUT2D eigenvalue weighted by atomic mass is 10.2. The molecule has 1 nitrogen and oxygen atoms in total. The van der Waals surface area contributed by atoms with Gasteiger partial charge >= 0.3 is 0 Å². The molecule has 15 heavy (non-hydrogen) atoms. The van der Waals surface area contributed by atoms with Gasteiger partial charge in [0.25, 0.3) is 0 Å². The summed E-state index contributed by atoms with van der Waals surface area (Å²) in [5, 5.41) is 0. The molecule has 0 radical (unpaired) electrons. The van der Waals surface area contributed by atoms with Crippen LogP contribution in [0.25, 0.3) is 0 Å². The normalized spacial score (nSPS) is 10.3. The Balaban J connectivity index is 2.97. The molecule has 2 heteroatoms. The Morgan fingerprint density at radius 1 is 1.33 bits per heavy atom. The van der Waals surface area contributed by atoms with E-state index >= 15 is 0 Å². The van der Waals surface area contributed by atoms with E-state index in [1.54, 1.807) is 23.2 Å². The average molecular weight is 203 g/mol. The highest BCUT2D eigenvalue weighted by Crippen LogP contribution is 2.19. The van der Waals surface area contributed by atoms with E-state index in [0.717, 1.165) is 11.4 Å². The van der Waals surface area contributed by atoms with Gasteiger partial charge in [-0.25, -0.2) is 4.39 Å². The van der Waals surface area contributed by atoms with Gasteiger partial charge in [0.15, 0.2) is 0 Å². The molecule has 0 amide bonds. The molecule has 1 rings (SSSR count). The topological polar surface area (TPSA) is 3.24 Å². The van der Waals surface area contributed by atoms with E-state index in [1.807, 2.05) is 19.1 Å². The second kappa shape index (κ2) is 5.15. The van der Waals surface area contributed by atoms with E-state index in [0.29, 0.717) is 0 Å². The van der Waals surface area contributed by atoms with Crippen LogP contribution in [0.2, 0.25) is 0 Å². The zero-order chi connectivity index (χ0) is 11.3. The van der Waals surface area contributed by atoms with Crippen molar-refractivity contribution in [1.82, 2.24) is 0 Å². The molecule has 0 atom stereocenters. The van der Waals surface area contributed by atoms with Crippen molar-refractivity contribution in [3.63, 3.8) is 0 Å². The number of hydrogen-bond acceptors (Lipinski definition) is 1. The van der Waals surface area contributed by atoms with Gasteiger partial charge in [0.05, 0.1) is 0 Å². The van der Waals surface area contributed by atoms with Crippen LogP contribution in [-0.4, -0.2) is 0 Å². The Hall–Kier alpha value is -1.83. The summed E-state index contributed by atoms with van der Waals surface area (Å²) in [5.41, 5.74) is 1.63. The lowest BCUT2D eigenvalue weighted by Crippen LogP contribution is -2.12. The lowest BCUT2D eigenvalue weighted by molar-refractivity contribution is 0.628. The number of hydrogen-bond donors (Lipinski definition) is 0. The Bertz CT molecular complexity index is 376. The van der Waals surface area contributed by atoms with Crippen LogP contribution in [0.4, 0.5) is 10.1 Å². The first-order valence-electron chi connectivity index (χ1n) is 4.68. The minimum Gasteiger partial charge on any atom is -0.318 e. The van der Waals surface area contributed by atoms with Crippen molar-refractivity contribution in [2.75, 3.05) is 4.90 Å². The SMILES string of the molecule is C=CN(C(=C)/C=C\C)c1ccc(F)cc1. The van der Waals surface area contributed by atoms with E-state index in [-0.39, 0.29) is 5.82 Å². The van der Waals surface area contributed by atoms with E-state index in [2.05, 4.69) is 13.2 Å². The molecule has 0 N–H and O–H groups in total. The molecule has 0 fully saturated rings. The van der Waals surface area contributed by atoms with Crippen LogP contribution in [0.1, 0.15) is 6.92 Å². The quantitative estimate of drug-likeness (QED) is 0.671. The van der Waals surface area contributed by atoms with E-state index in [9.17, 15) is 4.39 Å². The third-order valence-corrected chi connectivity index (χ3v) is 1.96. The zero-order valence-electron chi connectivity index (χ0n) is 8.78. The van der Waals surface area contributed by atoms with Gasteiger partial charge in [-0.15, -0.1) is 0 Å². The maximum Gasteiger partial charge on any atom is 0.123 e. The van der Waals surface area contributed by atoms with Crippen LogP contribution in [-0.2, 0) is 0 Å². The first kappa shape index (κ1) is 11.2. The first-order valence-corrected chi connectivity index (χ1v) is 4.68. The van der Waals surface area contributed by atoms with Gasteiger partial charge in [-0.3, -0.25) is 0 Å². The summed E-state index contributed by atoms with van der Waals surface area (Å²) in [4.78, 5) is 1.79. The van der Waals surface area contributed by atoms with Crippen LogP contribution in [0.15, 0.2) is 61.5 Å². The molecule has 0 unspecified atom stereocenters. The molecular formula is C13H14FN. The molecule has 0 bridgehead atoms. The zero-order valence-corrected chi connectivity index (χ0v) is 8.78. The van der Waals surface area contributed by atoms with Gasteiger partial charge < -0.3 is 4.90 Å². The van der Waals surface area contributed by atoms with E-state index in [1.165, 1.54) is 12.1 Å². The van der Waals surface area contributed by atoms with E-state index in [4.69, 9.17) is 0 Å². The van der Waals surface area contributed by atoms with Crippen molar-refractivity contribution in [3.05, 3.63) is 67.3 Å². The summed E-state index contributed by atoms with van der Waals surface area (Å²) in [6.07, 6.45) is 5.41. The molecule has 78 valence electrons. The molecule has 0 aromatic heterocycles. The van der Waals surface area contributed by atoms with Gasteiger partial charge in [0.1, 0.15) is 5.82 Å². The smallest absolute Gasteiger partial charge is 0.123 e. The number of halogens is 1. The van der Waals surface area contributed by atoms with Crippen molar-refractivity contribution in [2.24, 2.45) is 0 Å². The van der Waals surface area contributed by atoms with Crippen LogP contribution < -0.4 is 4.90 Å². The van der Waals surface area contributed by atoms with Crippen LogP contribution in [0.3, 0.4) is 0 Å². The molecule has 0 saturated heterocycles. The molecule has 0 aliphatic rings. The molecule has 1 aromatic carbocycles. The molecule has 0 saturated carbocycles. The predicted octanol–water partition coefficient (Wildman–Crippen LogP) is 3.87. The number of rotatable bonds is 4. The van der Waals surface area contributed by atoms with Gasteiger partial charge in [0.2, 0.25) is 0 Å². The summed E-state index contributed by atoms with van der Waals surface area (Å²) in [6.45, 7) is 9.50. The van der Waals surface area contributed by atoms with Crippen molar-refractivity contribution in [3.8, 4) is 0 Å². The van der Waals surface area contributed by atoms with Crippen molar-refractivity contribution >= 4 is 5.69 Å².